The molecule has 0 fully saturated rings. The van der Waals surface area contributed by atoms with E-state index in [2.05, 4.69) is 0 Å². The lowest BCUT2D eigenvalue weighted by atomic mass is 9.80. The van der Waals surface area contributed by atoms with Gasteiger partial charge in [-0.05, 0) is 29.5 Å². The first-order valence-corrected chi connectivity index (χ1v) is 5.53. The Morgan fingerprint density at radius 3 is 1.94 bits per heavy atom. The normalized spacial score (nSPS) is 14.8. The van der Waals surface area contributed by atoms with Crippen LogP contribution < -0.4 is 0 Å². The number of aliphatic hydroxyl groups excluding tert-OH is 1. The third-order valence-electron chi connectivity index (χ3n) is 3.21. The highest BCUT2D eigenvalue weighted by Gasteiger charge is 2.31. The van der Waals surface area contributed by atoms with Gasteiger partial charge in [0.2, 0.25) is 0 Å². The zero-order valence-electron chi connectivity index (χ0n) is 10.2. The Morgan fingerprint density at radius 1 is 1.12 bits per heavy atom. The van der Waals surface area contributed by atoms with Crippen LogP contribution in [0.5, 0.6) is 0 Å². The summed E-state index contributed by atoms with van der Waals surface area (Å²) in [6.07, 6.45) is -4.34. The number of hydrogen-bond donors (Lipinski definition) is 1. The van der Waals surface area contributed by atoms with Crippen molar-refractivity contribution in [1.29, 1.82) is 0 Å². The van der Waals surface area contributed by atoms with Gasteiger partial charge in [0, 0.05) is 0 Å². The second-order valence-electron chi connectivity index (χ2n) is 4.86. The van der Waals surface area contributed by atoms with Crippen molar-refractivity contribution < 1.29 is 18.3 Å². The third-order valence-corrected chi connectivity index (χ3v) is 3.21. The summed E-state index contributed by atoms with van der Waals surface area (Å²) in [5.41, 5.74) is -0.521. The lowest BCUT2D eigenvalue weighted by Crippen LogP contribution is -2.21. The fraction of sp³-hybridized carbons (Fsp3) is 0.538. The molecule has 0 aliphatic heterocycles. The minimum atomic E-state index is -4.33. The molecule has 1 atom stereocenters. The summed E-state index contributed by atoms with van der Waals surface area (Å²) >= 11 is 0. The summed E-state index contributed by atoms with van der Waals surface area (Å²) in [5, 5.41) is 10.1. The van der Waals surface area contributed by atoms with Crippen LogP contribution in [-0.2, 0) is 6.18 Å². The molecule has 1 N–H and O–H groups in total. The van der Waals surface area contributed by atoms with E-state index in [1.54, 1.807) is 0 Å². The summed E-state index contributed by atoms with van der Waals surface area (Å²) in [6.45, 7) is 5.71. The van der Waals surface area contributed by atoms with E-state index in [1.165, 1.54) is 12.1 Å². The van der Waals surface area contributed by atoms with Crippen molar-refractivity contribution in [3.63, 3.8) is 0 Å². The monoisotopic (exact) mass is 246 g/mol. The second kappa shape index (κ2) is 4.69. The van der Waals surface area contributed by atoms with Crippen LogP contribution in [0.4, 0.5) is 13.2 Å². The molecule has 1 rings (SSSR count). The van der Waals surface area contributed by atoms with Gasteiger partial charge in [-0.2, -0.15) is 13.2 Å². The average Bonchev–Trinajstić information content (AvgIpc) is 2.27. The van der Waals surface area contributed by atoms with Crippen LogP contribution in [0.15, 0.2) is 24.3 Å². The molecule has 0 saturated heterocycles. The van der Waals surface area contributed by atoms with Crippen molar-refractivity contribution in [2.75, 3.05) is 0 Å². The number of alkyl halides is 3. The third kappa shape index (κ3) is 3.22. The van der Waals surface area contributed by atoms with Gasteiger partial charge in [0.05, 0.1) is 11.7 Å². The van der Waals surface area contributed by atoms with Gasteiger partial charge in [-0.3, -0.25) is 0 Å². The van der Waals surface area contributed by atoms with Crippen molar-refractivity contribution >= 4 is 0 Å². The van der Waals surface area contributed by atoms with Gasteiger partial charge < -0.3 is 5.11 Å². The molecule has 0 radical (unpaired) electrons. The van der Waals surface area contributed by atoms with Gasteiger partial charge in [-0.15, -0.1) is 0 Å². The lowest BCUT2D eigenvalue weighted by Gasteiger charge is -2.29. The molecule has 4 heteroatoms. The molecule has 0 aliphatic rings. The molecule has 0 aromatic heterocycles. The Hall–Kier alpha value is -1.03. The molecular weight excluding hydrogens is 229 g/mol. The molecule has 0 amide bonds. The second-order valence-corrected chi connectivity index (χ2v) is 4.86. The Labute approximate surface area is 99.3 Å². The van der Waals surface area contributed by atoms with Gasteiger partial charge in [-0.25, -0.2) is 0 Å². The van der Waals surface area contributed by atoms with E-state index in [0.717, 1.165) is 18.6 Å². The molecule has 1 nitrogen and oxygen atoms in total. The number of aliphatic hydroxyl groups is 1. The SMILES string of the molecule is CCC(C)(C)C(O)c1ccc(C(F)(F)F)cc1. The average molecular weight is 246 g/mol. The van der Waals surface area contributed by atoms with Gasteiger partial charge >= 0.3 is 6.18 Å². The van der Waals surface area contributed by atoms with Crippen molar-refractivity contribution in [3.8, 4) is 0 Å². The Balaban J connectivity index is 2.96. The number of rotatable bonds is 3. The fourth-order valence-electron chi connectivity index (χ4n) is 1.50. The molecule has 0 spiro atoms. The number of benzene rings is 1. The molecule has 1 aromatic rings. The van der Waals surface area contributed by atoms with Crippen LogP contribution in [0.1, 0.15) is 44.4 Å². The first kappa shape index (κ1) is 14.0. The zero-order valence-corrected chi connectivity index (χ0v) is 10.2. The van der Waals surface area contributed by atoms with Crippen LogP contribution in [0.25, 0.3) is 0 Å². The summed E-state index contributed by atoms with van der Waals surface area (Å²) in [6, 6.07) is 4.68. The van der Waals surface area contributed by atoms with Crippen LogP contribution in [0.3, 0.4) is 0 Å². The zero-order chi connectivity index (χ0) is 13.3. The molecule has 96 valence electrons. The standard InChI is InChI=1S/C13H17F3O/c1-4-12(2,3)11(17)9-5-7-10(8-6-9)13(14,15)16/h5-8,11,17H,4H2,1-3H3. The highest BCUT2D eigenvalue weighted by molar-refractivity contribution is 5.26. The summed E-state index contributed by atoms with van der Waals surface area (Å²) in [5.74, 6) is 0. The van der Waals surface area contributed by atoms with Gasteiger partial charge in [-0.1, -0.05) is 32.9 Å². The summed E-state index contributed by atoms with van der Waals surface area (Å²) < 4.78 is 37.1. The Bertz CT molecular complexity index is 365. The minimum Gasteiger partial charge on any atom is -0.388 e. The predicted molar refractivity (Wildman–Crippen MR) is 60.5 cm³/mol. The maximum atomic E-state index is 12.4. The smallest absolute Gasteiger partial charge is 0.388 e. The van der Waals surface area contributed by atoms with Gasteiger partial charge in [0.1, 0.15) is 0 Å². The van der Waals surface area contributed by atoms with Gasteiger partial charge in [0.15, 0.2) is 0 Å². The molecule has 0 saturated carbocycles. The van der Waals surface area contributed by atoms with E-state index in [9.17, 15) is 18.3 Å². The first-order chi connectivity index (χ1) is 7.68. The molecule has 0 aliphatic carbocycles. The Morgan fingerprint density at radius 2 is 1.59 bits per heavy atom. The molecule has 0 heterocycles. The molecule has 1 aromatic carbocycles. The van der Waals surface area contributed by atoms with E-state index in [0.29, 0.717) is 5.56 Å². The van der Waals surface area contributed by atoms with Gasteiger partial charge in [0.25, 0.3) is 0 Å². The van der Waals surface area contributed by atoms with Crippen LogP contribution >= 0.6 is 0 Å². The van der Waals surface area contributed by atoms with E-state index in [4.69, 9.17) is 0 Å². The summed E-state index contributed by atoms with van der Waals surface area (Å²) in [7, 11) is 0. The maximum Gasteiger partial charge on any atom is 0.416 e. The minimum absolute atomic E-state index is 0.347. The van der Waals surface area contributed by atoms with Crippen LogP contribution in [-0.4, -0.2) is 5.11 Å². The van der Waals surface area contributed by atoms with Crippen molar-refractivity contribution in [2.24, 2.45) is 5.41 Å². The highest BCUT2D eigenvalue weighted by Crippen LogP contribution is 2.37. The lowest BCUT2D eigenvalue weighted by molar-refractivity contribution is -0.137. The molecule has 17 heavy (non-hydrogen) atoms. The van der Waals surface area contributed by atoms with E-state index in [1.807, 2.05) is 20.8 Å². The fourth-order valence-corrected chi connectivity index (χ4v) is 1.50. The maximum absolute atomic E-state index is 12.4. The molecule has 0 bridgehead atoms. The number of hydrogen-bond acceptors (Lipinski definition) is 1. The quantitative estimate of drug-likeness (QED) is 0.848. The predicted octanol–water partition coefficient (Wildman–Crippen LogP) is 4.18. The van der Waals surface area contributed by atoms with E-state index >= 15 is 0 Å². The topological polar surface area (TPSA) is 20.2 Å². The molecule has 1 unspecified atom stereocenters. The van der Waals surface area contributed by atoms with Crippen molar-refractivity contribution in [3.05, 3.63) is 35.4 Å². The Kier molecular flexibility index (Phi) is 3.87. The van der Waals surface area contributed by atoms with Crippen LogP contribution in [0.2, 0.25) is 0 Å². The van der Waals surface area contributed by atoms with Crippen molar-refractivity contribution in [1.82, 2.24) is 0 Å². The van der Waals surface area contributed by atoms with Crippen LogP contribution in [0, 0.1) is 5.41 Å². The largest absolute Gasteiger partial charge is 0.416 e. The highest BCUT2D eigenvalue weighted by atomic mass is 19.4. The van der Waals surface area contributed by atoms with E-state index < -0.39 is 17.8 Å². The summed E-state index contributed by atoms with van der Waals surface area (Å²) in [4.78, 5) is 0. The van der Waals surface area contributed by atoms with Crippen molar-refractivity contribution in [2.45, 2.75) is 39.5 Å². The van der Waals surface area contributed by atoms with E-state index in [-0.39, 0.29) is 5.41 Å². The number of halogens is 3. The first-order valence-electron chi connectivity index (χ1n) is 5.53. The molecular formula is C13H17F3O.